The van der Waals surface area contributed by atoms with E-state index in [2.05, 4.69) is 9.89 Å². The zero-order chi connectivity index (χ0) is 15.3. The highest BCUT2D eigenvalue weighted by Gasteiger charge is 2.26. The summed E-state index contributed by atoms with van der Waals surface area (Å²) in [4.78, 5) is 35.9. The highest BCUT2D eigenvalue weighted by molar-refractivity contribution is 6.38. The first-order chi connectivity index (χ1) is 9.43. The van der Waals surface area contributed by atoms with Crippen LogP contribution in [0.3, 0.4) is 0 Å². The van der Waals surface area contributed by atoms with Crippen LogP contribution >= 0.6 is 0 Å². The van der Waals surface area contributed by atoms with Gasteiger partial charge in [0, 0.05) is 12.6 Å². The molecule has 20 heavy (non-hydrogen) atoms. The molecule has 0 fully saturated rings. The quantitative estimate of drug-likeness (QED) is 0.217. The van der Waals surface area contributed by atoms with Crippen molar-refractivity contribution in [3.63, 3.8) is 0 Å². The van der Waals surface area contributed by atoms with Crippen LogP contribution in [0.2, 0.25) is 0 Å². The molecule has 0 spiro atoms. The second kappa shape index (κ2) is 6.46. The SMILES string of the molecule is COC(=O)C(=NO)N(C)C(=O)c1ccccc1C(C)=O. The van der Waals surface area contributed by atoms with Crippen molar-refractivity contribution in [2.45, 2.75) is 6.92 Å². The van der Waals surface area contributed by atoms with Crippen LogP contribution in [-0.4, -0.2) is 47.8 Å². The van der Waals surface area contributed by atoms with Crippen molar-refractivity contribution in [3.8, 4) is 0 Å². The van der Waals surface area contributed by atoms with Gasteiger partial charge in [-0.1, -0.05) is 23.4 Å². The summed E-state index contributed by atoms with van der Waals surface area (Å²) in [6.07, 6.45) is 0. The lowest BCUT2D eigenvalue weighted by molar-refractivity contribution is -0.133. The van der Waals surface area contributed by atoms with Gasteiger partial charge in [0.1, 0.15) is 0 Å². The number of carbonyl (C=O) groups excluding carboxylic acids is 3. The Balaban J connectivity index is 3.19. The molecule has 0 aliphatic rings. The van der Waals surface area contributed by atoms with Crippen LogP contribution in [0.1, 0.15) is 27.6 Å². The third-order valence-corrected chi connectivity index (χ3v) is 2.62. The van der Waals surface area contributed by atoms with Crippen molar-refractivity contribution in [2.24, 2.45) is 5.16 Å². The van der Waals surface area contributed by atoms with E-state index < -0.39 is 17.7 Å². The zero-order valence-electron chi connectivity index (χ0n) is 11.3. The molecule has 1 aromatic rings. The Kier molecular flexibility index (Phi) is 4.96. The van der Waals surface area contributed by atoms with E-state index in [0.29, 0.717) is 0 Å². The molecular formula is C13H14N2O5. The lowest BCUT2D eigenvalue weighted by Gasteiger charge is -2.17. The van der Waals surface area contributed by atoms with E-state index in [1.165, 1.54) is 26.1 Å². The summed E-state index contributed by atoms with van der Waals surface area (Å²) in [7, 11) is 2.33. The molecule has 0 aliphatic heterocycles. The molecule has 1 rings (SSSR count). The fraction of sp³-hybridized carbons (Fsp3) is 0.231. The van der Waals surface area contributed by atoms with Crippen molar-refractivity contribution >= 4 is 23.5 Å². The predicted molar refractivity (Wildman–Crippen MR) is 69.8 cm³/mol. The molecule has 7 heteroatoms. The van der Waals surface area contributed by atoms with E-state index in [0.717, 1.165) is 12.0 Å². The van der Waals surface area contributed by atoms with Gasteiger partial charge in [0.15, 0.2) is 5.78 Å². The van der Waals surface area contributed by atoms with Crippen LogP contribution in [0.25, 0.3) is 0 Å². The second-order valence-electron chi connectivity index (χ2n) is 3.88. The Hall–Kier alpha value is -2.70. The van der Waals surface area contributed by atoms with E-state index in [1.54, 1.807) is 12.1 Å². The van der Waals surface area contributed by atoms with Gasteiger partial charge in [0.2, 0.25) is 0 Å². The Morgan fingerprint density at radius 3 is 2.20 bits per heavy atom. The maximum atomic E-state index is 12.3. The number of nitrogens with zero attached hydrogens (tertiary/aromatic N) is 2. The van der Waals surface area contributed by atoms with Crippen LogP contribution < -0.4 is 0 Å². The zero-order valence-corrected chi connectivity index (χ0v) is 11.3. The molecule has 0 bridgehead atoms. The molecule has 1 N–H and O–H groups in total. The third kappa shape index (κ3) is 3.00. The molecule has 106 valence electrons. The largest absolute Gasteiger partial charge is 0.463 e. The van der Waals surface area contributed by atoms with Crippen molar-refractivity contribution in [3.05, 3.63) is 35.4 Å². The number of ketones is 1. The van der Waals surface area contributed by atoms with Crippen molar-refractivity contribution in [1.82, 2.24) is 4.90 Å². The first kappa shape index (κ1) is 15.4. The molecule has 0 saturated carbocycles. The van der Waals surface area contributed by atoms with Crippen LogP contribution in [0, 0.1) is 0 Å². The standard InChI is InChI=1S/C13H14N2O5/c1-8(16)9-6-4-5-7-10(9)12(17)15(2)11(14-19)13(18)20-3/h4-7,19H,1-3H3. The van der Waals surface area contributed by atoms with E-state index in [-0.39, 0.29) is 16.9 Å². The van der Waals surface area contributed by atoms with Gasteiger partial charge in [-0.2, -0.15) is 0 Å². The van der Waals surface area contributed by atoms with Crippen molar-refractivity contribution in [1.29, 1.82) is 0 Å². The molecule has 0 radical (unpaired) electrons. The Bertz CT molecular complexity index is 580. The minimum Gasteiger partial charge on any atom is -0.463 e. The Morgan fingerprint density at radius 2 is 1.75 bits per heavy atom. The van der Waals surface area contributed by atoms with Gasteiger partial charge in [0.05, 0.1) is 12.7 Å². The van der Waals surface area contributed by atoms with E-state index >= 15 is 0 Å². The number of benzene rings is 1. The smallest absolute Gasteiger partial charge is 0.377 e. The molecule has 0 unspecified atom stereocenters. The van der Waals surface area contributed by atoms with Crippen LogP contribution in [0.4, 0.5) is 0 Å². The number of hydrogen-bond donors (Lipinski definition) is 1. The topological polar surface area (TPSA) is 96.3 Å². The van der Waals surface area contributed by atoms with Gasteiger partial charge in [0.25, 0.3) is 11.7 Å². The number of amidine groups is 1. The summed E-state index contributed by atoms with van der Waals surface area (Å²) in [5.41, 5.74) is 0.319. The molecule has 7 nitrogen and oxygen atoms in total. The number of likely N-dealkylation sites (N-methyl/N-ethyl adjacent to an activating group) is 1. The number of Topliss-reactive ketones (excluding diaryl/α,β-unsaturated/α-hetero) is 1. The highest BCUT2D eigenvalue weighted by atomic mass is 16.5. The minimum atomic E-state index is -0.969. The second-order valence-corrected chi connectivity index (χ2v) is 3.88. The summed E-state index contributed by atoms with van der Waals surface area (Å²) in [6.45, 7) is 1.33. The van der Waals surface area contributed by atoms with Gasteiger partial charge in [-0.3, -0.25) is 14.5 Å². The molecule has 0 aliphatic carbocycles. The maximum absolute atomic E-state index is 12.3. The molecule has 0 heterocycles. The van der Waals surface area contributed by atoms with Crippen LogP contribution in [0.5, 0.6) is 0 Å². The fourth-order valence-electron chi connectivity index (χ4n) is 1.59. The van der Waals surface area contributed by atoms with Crippen LogP contribution in [-0.2, 0) is 9.53 Å². The minimum absolute atomic E-state index is 0.104. The number of ether oxygens (including phenoxy) is 1. The van der Waals surface area contributed by atoms with Gasteiger partial charge in [-0.25, -0.2) is 4.79 Å². The third-order valence-electron chi connectivity index (χ3n) is 2.62. The van der Waals surface area contributed by atoms with E-state index in [1.807, 2.05) is 0 Å². The summed E-state index contributed by atoms with van der Waals surface area (Å²) in [5, 5.41) is 11.5. The van der Waals surface area contributed by atoms with E-state index in [4.69, 9.17) is 5.21 Å². The highest BCUT2D eigenvalue weighted by Crippen LogP contribution is 2.12. The number of rotatable bonds is 2. The summed E-state index contributed by atoms with van der Waals surface area (Å²) in [6, 6.07) is 6.15. The average Bonchev–Trinajstić information content (AvgIpc) is 2.46. The molecule has 1 amide bonds. The molecular weight excluding hydrogens is 264 g/mol. The Morgan fingerprint density at radius 1 is 1.20 bits per heavy atom. The van der Waals surface area contributed by atoms with Gasteiger partial charge in [-0.15, -0.1) is 0 Å². The first-order valence-electron chi connectivity index (χ1n) is 5.62. The molecule has 0 aromatic heterocycles. The van der Waals surface area contributed by atoms with Crippen molar-refractivity contribution < 1.29 is 24.3 Å². The summed E-state index contributed by atoms with van der Waals surface area (Å²) < 4.78 is 4.40. The monoisotopic (exact) mass is 278 g/mol. The van der Waals surface area contributed by atoms with Crippen LogP contribution in [0.15, 0.2) is 29.4 Å². The normalized spacial score (nSPS) is 10.8. The number of oxime groups is 1. The van der Waals surface area contributed by atoms with Gasteiger partial charge in [-0.05, 0) is 13.0 Å². The number of hydrogen-bond acceptors (Lipinski definition) is 6. The van der Waals surface area contributed by atoms with Gasteiger partial charge < -0.3 is 9.94 Å². The number of amides is 1. The number of esters is 1. The number of carbonyl (C=O) groups is 3. The molecule has 1 aromatic carbocycles. The number of methoxy groups -OCH3 is 1. The molecule has 0 saturated heterocycles. The summed E-state index contributed by atoms with van der Waals surface area (Å²) >= 11 is 0. The maximum Gasteiger partial charge on any atom is 0.377 e. The van der Waals surface area contributed by atoms with Crippen molar-refractivity contribution in [2.75, 3.05) is 14.2 Å². The lowest BCUT2D eigenvalue weighted by atomic mass is 10.0. The summed E-state index contributed by atoms with van der Waals surface area (Å²) in [5.74, 6) is -2.49. The Labute approximate surface area is 115 Å². The van der Waals surface area contributed by atoms with E-state index in [9.17, 15) is 14.4 Å². The first-order valence-corrected chi connectivity index (χ1v) is 5.62. The predicted octanol–water partition coefficient (Wildman–Crippen LogP) is 0.922. The lowest BCUT2D eigenvalue weighted by Crippen LogP contribution is -2.39. The fourth-order valence-corrected chi connectivity index (χ4v) is 1.59. The average molecular weight is 278 g/mol. The molecule has 0 atom stereocenters. The van der Waals surface area contributed by atoms with Gasteiger partial charge >= 0.3 is 5.97 Å².